The summed E-state index contributed by atoms with van der Waals surface area (Å²) in [7, 11) is 1.96. The smallest absolute Gasteiger partial charge is 0.0864 e. The summed E-state index contributed by atoms with van der Waals surface area (Å²) >= 11 is 0. The first-order valence-electron chi connectivity index (χ1n) is 4.77. The van der Waals surface area contributed by atoms with Gasteiger partial charge in [0.25, 0.3) is 0 Å². The van der Waals surface area contributed by atoms with E-state index in [1.54, 1.807) is 0 Å². The third-order valence-electron chi connectivity index (χ3n) is 2.41. The van der Waals surface area contributed by atoms with Crippen molar-refractivity contribution in [2.75, 3.05) is 20.1 Å². The molecule has 13 heavy (non-hydrogen) atoms. The quantitative estimate of drug-likeness (QED) is 0.619. The second-order valence-corrected chi connectivity index (χ2v) is 4.39. The van der Waals surface area contributed by atoms with Crippen LogP contribution in [-0.2, 0) is 4.74 Å². The summed E-state index contributed by atoms with van der Waals surface area (Å²) < 4.78 is 5.81. The lowest BCUT2D eigenvalue weighted by molar-refractivity contribution is -0.0248. The minimum Gasteiger partial charge on any atom is -0.371 e. The summed E-state index contributed by atoms with van der Waals surface area (Å²) in [6.07, 6.45) is 2.55. The number of nitrogens with zero attached hydrogens (tertiary/aromatic N) is 2. The Bertz CT molecular complexity index is 207. The molecular formula is C10H18N2O. The van der Waals surface area contributed by atoms with E-state index in [0.29, 0.717) is 12.6 Å². The van der Waals surface area contributed by atoms with E-state index in [9.17, 15) is 0 Å². The van der Waals surface area contributed by atoms with E-state index in [2.05, 4.69) is 19.9 Å². The first-order chi connectivity index (χ1) is 6.03. The molecule has 1 aliphatic rings. The second kappa shape index (κ2) is 4.08. The largest absolute Gasteiger partial charge is 0.371 e. The molecule has 0 saturated carbocycles. The van der Waals surface area contributed by atoms with Crippen molar-refractivity contribution in [2.24, 2.45) is 0 Å². The van der Waals surface area contributed by atoms with Gasteiger partial charge in [0.05, 0.1) is 24.3 Å². The minimum atomic E-state index is 0.0398. The normalized spacial score (nSPS) is 26.2. The summed E-state index contributed by atoms with van der Waals surface area (Å²) in [4.78, 5) is 2.01. The lowest BCUT2D eigenvalue weighted by Crippen LogP contribution is -2.31. The molecule has 1 saturated heterocycles. The highest BCUT2D eigenvalue weighted by molar-refractivity contribution is 4.84. The fraction of sp³-hybridized carbons (Fsp3) is 0.900. The third-order valence-corrected chi connectivity index (χ3v) is 2.41. The maximum atomic E-state index is 8.48. The first-order valence-corrected chi connectivity index (χ1v) is 4.77. The predicted octanol–water partition coefficient (Wildman–Crippen LogP) is 1.40. The minimum absolute atomic E-state index is 0.0398. The molecule has 0 amide bonds. The zero-order valence-electron chi connectivity index (χ0n) is 8.71. The zero-order valence-corrected chi connectivity index (χ0v) is 8.71. The highest BCUT2D eigenvalue weighted by atomic mass is 16.5. The van der Waals surface area contributed by atoms with Gasteiger partial charge < -0.3 is 4.74 Å². The molecular weight excluding hydrogens is 164 g/mol. The van der Waals surface area contributed by atoms with E-state index < -0.39 is 0 Å². The Hall–Kier alpha value is -0.590. The van der Waals surface area contributed by atoms with Crippen molar-refractivity contribution in [3.05, 3.63) is 0 Å². The molecule has 1 unspecified atom stereocenters. The molecule has 0 bridgehead atoms. The van der Waals surface area contributed by atoms with Gasteiger partial charge in [-0.05, 0) is 33.7 Å². The number of ether oxygens (including phenoxy) is 1. The van der Waals surface area contributed by atoms with Crippen LogP contribution in [0.5, 0.6) is 0 Å². The molecule has 0 spiro atoms. The predicted molar refractivity (Wildman–Crippen MR) is 51.3 cm³/mol. The number of rotatable bonds is 3. The van der Waals surface area contributed by atoms with Crippen molar-refractivity contribution in [3.8, 4) is 6.07 Å². The highest BCUT2D eigenvalue weighted by Crippen LogP contribution is 2.29. The molecule has 1 fully saturated rings. The molecule has 74 valence electrons. The summed E-state index contributed by atoms with van der Waals surface area (Å²) in [6.45, 7) is 5.60. The maximum absolute atomic E-state index is 8.48. The maximum Gasteiger partial charge on any atom is 0.0864 e. The molecule has 0 radical (unpaired) electrons. The molecule has 0 aromatic rings. The van der Waals surface area contributed by atoms with E-state index in [1.165, 1.54) is 0 Å². The van der Waals surface area contributed by atoms with Crippen molar-refractivity contribution in [1.29, 1.82) is 5.26 Å². The van der Waals surface area contributed by atoms with Gasteiger partial charge in [-0.2, -0.15) is 5.26 Å². The molecule has 1 atom stereocenters. The van der Waals surface area contributed by atoms with Gasteiger partial charge in [0.15, 0.2) is 0 Å². The zero-order chi connectivity index (χ0) is 9.90. The summed E-state index contributed by atoms with van der Waals surface area (Å²) in [5.74, 6) is 0. The van der Waals surface area contributed by atoms with Gasteiger partial charge in [0.1, 0.15) is 0 Å². The fourth-order valence-electron chi connectivity index (χ4n) is 1.74. The third kappa shape index (κ3) is 3.33. The van der Waals surface area contributed by atoms with Crippen molar-refractivity contribution < 1.29 is 4.74 Å². The molecule has 0 N–H and O–H groups in total. The van der Waals surface area contributed by atoms with Crippen LogP contribution in [0.2, 0.25) is 0 Å². The first kappa shape index (κ1) is 10.5. The number of likely N-dealkylation sites (N-methyl/N-ethyl adjacent to an activating group) is 1. The average molecular weight is 182 g/mol. The average Bonchev–Trinajstić information content (AvgIpc) is 2.30. The molecule has 3 heteroatoms. The van der Waals surface area contributed by atoms with Gasteiger partial charge >= 0.3 is 0 Å². The van der Waals surface area contributed by atoms with Gasteiger partial charge in [-0.25, -0.2) is 0 Å². The van der Waals surface area contributed by atoms with Gasteiger partial charge in [-0.3, -0.25) is 4.90 Å². The van der Waals surface area contributed by atoms with Crippen LogP contribution < -0.4 is 0 Å². The topological polar surface area (TPSA) is 36.3 Å². The van der Waals surface area contributed by atoms with Crippen molar-refractivity contribution in [1.82, 2.24) is 4.90 Å². The molecule has 0 aliphatic carbocycles. The van der Waals surface area contributed by atoms with E-state index in [0.717, 1.165) is 19.4 Å². The molecule has 1 heterocycles. The molecule has 1 rings (SSSR count). The van der Waals surface area contributed by atoms with E-state index in [4.69, 9.17) is 10.00 Å². The number of hydrogen-bond donors (Lipinski definition) is 0. The summed E-state index contributed by atoms with van der Waals surface area (Å²) in [5, 5.41) is 8.48. The SMILES string of the molecule is CN(CC#N)CC1CCC(C)(C)O1. The van der Waals surface area contributed by atoms with Crippen LogP contribution in [0.25, 0.3) is 0 Å². The van der Waals surface area contributed by atoms with Crippen molar-refractivity contribution in [3.63, 3.8) is 0 Å². The highest BCUT2D eigenvalue weighted by Gasteiger charge is 2.31. The Kier molecular flexibility index (Phi) is 3.29. The van der Waals surface area contributed by atoms with E-state index >= 15 is 0 Å². The van der Waals surface area contributed by atoms with Crippen LogP contribution in [0.4, 0.5) is 0 Å². The monoisotopic (exact) mass is 182 g/mol. The summed E-state index contributed by atoms with van der Waals surface area (Å²) in [6, 6.07) is 2.13. The van der Waals surface area contributed by atoms with Crippen LogP contribution in [0.3, 0.4) is 0 Å². The molecule has 0 aromatic heterocycles. The van der Waals surface area contributed by atoms with E-state index in [1.807, 2.05) is 11.9 Å². The van der Waals surface area contributed by atoms with Crippen LogP contribution >= 0.6 is 0 Å². The number of hydrogen-bond acceptors (Lipinski definition) is 3. The second-order valence-electron chi connectivity index (χ2n) is 4.39. The Labute approximate surface area is 80.3 Å². The standard InChI is InChI=1S/C10H18N2O/c1-10(2)5-4-9(13-10)8-12(3)7-6-11/h9H,4-5,7-8H2,1-3H3. The Balaban J connectivity index is 2.29. The lowest BCUT2D eigenvalue weighted by atomic mass is 10.1. The summed E-state index contributed by atoms with van der Waals surface area (Å²) in [5.41, 5.74) is 0.0398. The Morgan fingerprint density at radius 2 is 2.31 bits per heavy atom. The van der Waals surface area contributed by atoms with Crippen molar-refractivity contribution >= 4 is 0 Å². The molecule has 1 aliphatic heterocycles. The van der Waals surface area contributed by atoms with Crippen molar-refractivity contribution in [2.45, 2.75) is 38.4 Å². The fourth-order valence-corrected chi connectivity index (χ4v) is 1.74. The van der Waals surface area contributed by atoms with Crippen LogP contribution in [0.1, 0.15) is 26.7 Å². The van der Waals surface area contributed by atoms with Crippen LogP contribution in [0, 0.1) is 11.3 Å². The molecule has 3 nitrogen and oxygen atoms in total. The number of nitriles is 1. The Morgan fingerprint density at radius 1 is 1.62 bits per heavy atom. The van der Waals surface area contributed by atoms with Gasteiger partial charge in [0, 0.05) is 6.54 Å². The Morgan fingerprint density at radius 3 is 2.77 bits per heavy atom. The lowest BCUT2D eigenvalue weighted by Gasteiger charge is -2.22. The van der Waals surface area contributed by atoms with Crippen LogP contribution in [-0.4, -0.2) is 36.7 Å². The van der Waals surface area contributed by atoms with Gasteiger partial charge in [0.2, 0.25) is 0 Å². The van der Waals surface area contributed by atoms with Gasteiger partial charge in [-0.1, -0.05) is 0 Å². The van der Waals surface area contributed by atoms with Gasteiger partial charge in [-0.15, -0.1) is 0 Å². The molecule has 0 aromatic carbocycles. The van der Waals surface area contributed by atoms with E-state index in [-0.39, 0.29) is 5.60 Å². The van der Waals surface area contributed by atoms with Crippen LogP contribution in [0.15, 0.2) is 0 Å².